The lowest BCUT2D eigenvalue weighted by Crippen LogP contribution is -2.49. The van der Waals surface area contributed by atoms with E-state index in [1.54, 1.807) is 0 Å². The van der Waals surface area contributed by atoms with Crippen molar-refractivity contribution in [1.29, 1.82) is 0 Å². The summed E-state index contributed by atoms with van der Waals surface area (Å²) in [4.78, 5) is 13.2. The summed E-state index contributed by atoms with van der Waals surface area (Å²) in [5.41, 5.74) is -1.49. The van der Waals surface area contributed by atoms with E-state index < -0.39 is 11.6 Å². The molecule has 0 aliphatic carbocycles. The summed E-state index contributed by atoms with van der Waals surface area (Å²) in [6, 6.07) is 0.0566. The van der Waals surface area contributed by atoms with Crippen molar-refractivity contribution < 1.29 is 19.7 Å². The van der Waals surface area contributed by atoms with Gasteiger partial charge in [-0.05, 0) is 26.3 Å². The molecule has 0 spiro atoms. The van der Waals surface area contributed by atoms with Gasteiger partial charge in [0.2, 0.25) is 0 Å². The quantitative estimate of drug-likeness (QED) is 0.613. The fraction of sp³-hybridized carbons (Fsp3) is 0.900. The third-order valence-electron chi connectivity index (χ3n) is 2.85. The lowest BCUT2D eigenvalue weighted by Gasteiger charge is -2.29. The van der Waals surface area contributed by atoms with Crippen LogP contribution in [-0.4, -0.2) is 59.5 Å². The zero-order chi connectivity index (χ0) is 11.5. The van der Waals surface area contributed by atoms with Gasteiger partial charge in [-0.15, -0.1) is 0 Å². The van der Waals surface area contributed by atoms with Crippen LogP contribution in [0.1, 0.15) is 19.8 Å². The van der Waals surface area contributed by atoms with Gasteiger partial charge in [-0.3, -0.25) is 4.90 Å². The zero-order valence-electron chi connectivity index (χ0n) is 9.27. The molecule has 0 radical (unpaired) electrons. The van der Waals surface area contributed by atoms with Crippen molar-refractivity contribution in [3.63, 3.8) is 0 Å². The number of hydrogen-bond acceptors (Lipinski definition) is 5. The standard InChI is InChI=1S/C10H19NO4/c1-10(14,9(13)15-2)7-11-5-3-4-8(11)6-12/h8,12,14H,3-7H2,1-2H3. The van der Waals surface area contributed by atoms with E-state index in [4.69, 9.17) is 5.11 Å². The van der Waals surface area contributed by atoms with E-state index in [0.717, 1.165) is 19.4 Å². The highest BCUT2D eigenvalue weighted by Crippen LogP contribution is 2.20. The summed E-state index contributed by atoms with van der Waals surface area (Å²) in [5, 5.41) is 18.9. The molecule has 2 atom stereocenters. The maximum atomic E-state index is 11.3. The fourth-order valence-electron chi connectivity index (χ4n) is 1.99. The van der Waals surface area contributed by atoms with Gasteiger partial charge in [0.05, 0.1) is 13.7 Å². The third kappa shape index (κ3) is 2.90. The van der Waals surface area contributed by atoms with Crippen LogP contribution in [0.5, 0.6) is 0 Å². The van der Waals surface area contributed by atoms with Crippen LogP contribution in [-0.2, 0) is 9.53 Å². The van der Waals surface area contributed by atoms with Crippen molar-refractivity contribution in [2.45, 2.75) is 31.4 Å². The molecule has 1 saturated heterocycles. The van der Waals surface area contributed by atoms with E-state index in [-0.39, 0.29) is 19.2 Å². The van der Waals surface area contributed by atoms with Gasteiger partial charge in [0.1, 0.15) is 0 Å². The molecule has 1 aliphatic rings. The predicted octanol–water partition coefficient (Wildman–Crippen LogP) is -0.633. The lowest BCUT2D eigenvalue weighted by atomic mass is 10.1. The molecule has 0 aromatic rings. The highest BCUT2D eigenvalue weighted by Gasteiger charge is 2.37. The first-order valence-electron chi connectivity index (χ1n) is 5.17. The largest absolute Gasteiger partial charge is 0.467 e. The molecule has 1 heterocycles. The first-order chi connectivity index (χ1) is 7.01. The molecule has 0 saturated carbocycles. The molecule has 2 N–H and O–H groups in total. The summed E-state index contributed by atoms with van der Waals surface area (Å²) < 4.78 is 4.52. The second-order valence-corrected chi connectivity index (χ2v) is 4.21. The van der Waals surface area contributed by atoms with Crippen molar-refractivity contribution >= 4 is 5.97 Å². The lowest BCUT2D eigenvalue weighted by molar-refractivity contribution is -0.162. The Morgan fingerprint density at radius 3 is 2.87 bits per heavy atom. The summed E-state index contributed by atoms with van der Waals surface area (Å²) in [5.74, 6) is -0.633. The van der Waals surface area contributed by atoms with E-state index in [1.165, 1.54) is 14.0 Å². The van der Waals surface area contributed by atoms with Gasteiger partial charge in [-0.1, -0.05) is 0 Å². The molecule has 5 nitrogen and oxygen atoms in total. The van der Waals surface area contributed by atoms with E-state index >= 15 is 0 Å². The maximum absolute atomic E-state index is 11.3. The van der Waals surface area contributed by atoms with Gasteiger partial charge < -0.3 is 14.9 Å². The second-order valence-electron chi connectivity index (χ2n) is 4.21. The Bertz CT molecular complexity index is 229. The van der Waals surface area contributed by atoms with Crippen LogP contribution in [0, 0.1) is 0 Å². The maximum Gasteiger partial charge on any atom is 0.338 e. The van der Waals surface area contributed by atoms with Crippen LogP contribution in [0.15, 0.2) is 0 Å². The van der Waals surface area contributed by atoms with E-state index in [9.17, 15) is 9.90 Å². The minimum Gasteiger partial charge on any atom is -0.467 e. The molecule has 5 heteroatoms. The van der Waals surface area contributed by atoms with Crippen LogP contribution in [0.3, 0.4) is 0 Å². The number of esters is 1. The molecule has 1 rings (SSSR count). The van der Waals surface area contributed by atoms with E-state index in [2.05, 4.69) is 4.74 Å². The number of aliphatic hydroxyl groups is 2. The number of aliphatic hydroxyl groups excluding tert-OH is 1. The number of ether oxygens (including phenoxy) is 1. The van der Waals surface area contributed by atoms with Gasteiger partial charge in [-0.2, -0.15) is 0 Å². The zero-order valence-corrected chi connectivity index (χ0v) is 9.27. The summed E-state index contributed by atoms with van der Waals surface area (Å²) in [6.45, 7) is 2.52. The monoisotopic (exact) mass is 217 g/mol. The topological polar surface area (TPSA) is 70.0 Å². The van der Waals surface area contributed by atoms with Crippen LogP contribution < -0.4 is 0 Å². The molecule has 0 amide bonds. The molecule has 88 valence electrons. The second kappa shape index (κ2) is 4.92. The number of carbonyl (C=O) groups is 1. The highest BCUT2D eigenvalue weighted by atomic mass is 16.5. The van der Waals surface area contributed by atoms with E-state index in [0.29, 0.717) is 0 Å². The predicted molar refractivity (Wildman–Crippen MR) is 54.3 cm³/mol. The SMILES string of the molecule is COC(=O)C(C)(O)CN1CCCC1CO. The van der Waals surface area contributed by atoms with Gasteiger partial charge in [0.25, 0.3) is 0 Å². The van der Waals surface area contributed by atoms with Crippen LogP contribution >= 0.6 is 0 Å². The Labute approximate surface area is 89.6 Å². The van der Waals surface area contributed by atoms with Crippen LogP contribution in [0.2, 0.25) is 0 Å². The van der Waals surface area contributed by atoms with Crippen molar-refractivity contribution in [2.75, 3.05) is 26.8 Å². The Morgan fingerprint density at radius 1 is 1.67 bits per heavy atom. The molecule has 0 aromatic carbocycles. The number of nitrogens with zero attached hydrogens (tertiary/aromatic N) is 1. The Balaban J connectivity index is 2.56. The fourth-order valence-corrected chi connectivity index (χ4v) is 1.99. The number of likely N-dealkylation sites (tertiary alicyclic amines) is 1. The van der Waals surface area contributed by atoms with Crippen molar-refractivity contribution in [3.05, 3.63) is 0 Å². The summed E-state index contributed by atoms with van der Waals surface area (Å²) >= 11 is 0. The van der Waals surface area contributed by atoms with Crippen molar-refractivity contribution in [2.24, 2.45) is 0 Å². The summed E-state index contributed by atoms with van der Waals surface area (Å²) in [7, 11) is 1.25. The smallest absolute Gasteiger partial charge is 0.338 e. The van der Waals surface area contributed by atoms with Crippen LogP contribution in [0.4, 0.5) is 0 Å². The minimum absolute atomic E-state index is 0.0566. The van der Waals surface area contributed by atoms with E-state index in [1.807, 2.05) is 4.90 Å². The highest BCUT2D eigenvalue weighted by molar-refractivity contribution is 5.78. The molecule has 1 aliphatic heterocycles. The number of methoxy groups -OCH3 is 1. The first kappa shape index (κ1) is 12.4. The normalized spacial score (nSPS) is 26.3. The van der Waals surface area contributed by atoms with Crippen molar-refractivity contribution in [3.8, 4) is 0 Å². The number of carbonyl (C=O) groups excluding carboxylic acids is 1. The van der Waals surface area contributed by atoms with Crippen LogP contribution in [0.25, 0.3) is 0 Å². The van der Waals surface area contributed by atoms with Gasteiger partial charge in [-0.25, -0.2) is 4.79 Å². The third-order valence-corrected chi connectivity index (χ3v) is 2.85. The first-order valence-corrected chi connectivity index (χ1v) is 5.17. The summed E-state index contributed by atoms with van der Waals surface area (Å²) in [6.07, 6.45) is 1.90. The number of rotatable bonds is 4. The average Bonchev–Trinajstić information content (AvgIpc) is 2.63. The molecule has 1 fully saturated rings. The molecule has 15 heavy (non-hydrogen) atoms. The molecule has 2 unspecified atom stereocenters. The molecular weight excluding hydrogens is 198 g/mol. The Morgan fingerprint density at radius 2 is 2.33 bits per heavy atom. The number of hydrogen-bond donors (Lipinski definition) is 2. The molecule has 0 bridgehead atoms. The average molecular weight is 217 g/mol. The number of β-amino-alcohol motifs (C(OH)–C–C–N with tert-alkyl or cyclic N) is 1. The Kier molecular flexibility index (Phi) is 4.07. The Hall–Kier alpha value is -0.650. The van der Waals surface area contributed by atoms with Gasteiger partial charge in [0.15, 0.2) is 5.60 Å². The van der Waals surface area contributed by atoms with Gasteiger partial charge in [0, 0.05) is 12.6 Å². The minimum atomic E-state index is -1.49. The molecule has 0 aromatic heterocycles. The van der Waals surface area contributed by atoms with Gasteiger partial charge >= 0.3 is 5.97 Å². The van der Waals surface area contributed by atoms with Crippen molar-refractivity contribution in [1.82, 2.24) is 4.90 Å². The molecular formula is C10H19NO4.